The highest BCUT2D eigenvalue weighted by Crippen LogP contribution is 2.34. The molecule has 3 aliphatic rings. The molecule has 1 N–H and O–H groups in total. The third-order valence-corrected chi connectivity index (χ3v) is 8.54. The van der Waals surface area contributed by atoms with Gasteiger partial charge >= 0.3 is 11.8 Å². The zero-order valence-electron chi connectivity index (χ0n) is 22.1. The van der Waals surface area contributed by atoms with Gasteiger partial charge in [0.2, 0.25) is 5.91 Å². The number of hydrogen-bond acceptors (Lipinski definition) is 3. The largest absolute Gasteiger partial charge is 0.354 e. The number of aryl methyl sites for hydroxylation is 1. The topological polar surface area (TPSA) is 69.7 Å². The van der Waals surface area contributed by atoms with Crippen LogP contribution in [0.1, 0.15) is 102 Å². The van der Waals surface area contributed by atoms with E-state index in [-0.39, 0.29) is 29.9 Å². The van der Waals surface area contributed by atoms with Gasteiger partial charge < -0.3 is 15.1 Å². The van der Waals surface area contributed by atoms with Crippen LogP contribution in [0.4, 0.5) is 0 Å². The molecule has 0 aliphatic carbocycles. The predicted molar refractivity (Wildman–Crippen MR) is 142 cm³/mol. The molecule has 3 fully saturated rings. The van der Waals surface area contributed by atoms with E-state index in [1.807, 2.05) is 11.0 Å². The second-order valence-corrected chi connectivity index (χ2v) is 11.1. The molecule has 0 radical (unpaired) electrons. The van der Waals surface area contributed by atoms with E-state index >= 15 is 0 Å². The van der Waals surface area contributed by atoms with Crippen molar-refractivity contribution in [2.45, 2.75) is 127 Å². The van der Waals surface area contributed by atoms with Crippen molar-refractivity contribution in [1.29, 1.82) is 0 Å². The number of carbonyl (C=O) groups excluding carboxylic acids is 3. The molecule has 6 heteroatoms. The maximum Gasteiger partial charge on any atom is 0.313 e. The first-order chi connectivity index (χ1) is 17.6. The van der Waals surface area contributed by atoms with Crippen molar-refractivity contribution in [3.8, 4) is 0 Å². The smallest absolute Gasteiger partial charge is 0.313 e. The number of hydrogen-bond donors (Lipinski definition) is 1. The zero-order valence-corrected chi connectivity index (χ0v) is 22.1. The maximum atomic E-state index is 13.8. The molecule has 1 aromatic rings. The number of unbranched alkanes of at least 4 members (excludes halogenated alkanes) is 1. The van der Waals surface area contributed by atoms with Crippen LogP contribution in [0, 0.1) is 0 Å². The average molecular weight is 496 g/mol. The number of piperidine rings is 2. The highest BCUT2D eigenvalue weighted by molar-refractivity contribution is 6.35. The van der Waals surface area contributed by atoms with Crippen LogP contribution in [0.25, 0.3) is 0 Å². The molecule has 2 bridgehead atoms. The average Bonchev–Trinajstić information content (AvgIpc) is 3.02. The minimum Gasteiger partial charge on any atom is -0.354 e. The van der Waals surface area contributed by atoms with Crippen LogP contribution in [-0.4, -0.2) is 58.2 Å². The summed E-state index contributed by atoms with van der Waals surface area (Å²) in [6.45, 7) is 2.72. The maximum absolute atomic E-state index is 13.8. The van der Waals surface area contributed by atoms with Crippen LogP contribution in [0.15, 0.2) is 30.3 Å². The van der Waals surface area contributed by atoms with Gasteiger partial charge in [0.15, 0.2) is 0 Å². The summed E-state index contributed by atoms with van der Waals surface area (Å²) in [4.78, 5) is 44.5. The second-order valence-electron chi connectivity index (χ2n) is 11.1. The molecule has 3 heterocycles. The Morgan fingerprint density at radius 3 is 2.14 bits per heavy atom. The SMILES string of the molecule is CCCC1CCCC(C(=O)NCCCCc2ccccc2)N1C(=O)C(=O)N1C2CCCCC1CCC2. The quantitative estimate of drug-likeness (QED) is 0.408. The van der Waals surface area contributed by atoms with Crippen LogP contribution < -0.4 is 5.32 Å². The molecular formula is C30H45N3O3. The van der Waals surface area contributed by atoms with Crippen molar-refractivity contribution in [3.63, 3.8) is 0 Å². The van der Waals surface area contributed by atoms with Crippen molar-refractivity contribution in [2.75, 3.05) is 6.54 Å². The lowest BCUT2D eigenvalue weighted by molar-refractivity contribution is -0.162. The van der Waals surface area contributed by atoms with Gasteiger partial charge in [-0.3, -0.25) is 14.4 Å². The minimum atomic E-state index is -0.535. The number of fused-ring (bicyclic) bond motifs is 2. The Morgan fingerprint density at radius 1 is 0.806 bits per heavy atom. The summed E-state index contributed by atoms with van der Waals surface area (Å²) in [7, 11) is 0. The lowest BCUT2D eigenvalue weighted by Gasteiger charge is -2.44. The first-order valence-electron chi connectivity index (χ1n) is 14.6. The number of amides is 3. The lowest BCUT2D eigenvalue weighted by Crippen LogP contribution is -2.61. The third kappa shape index (κ3) is 6.49. The molecule has 1 aromatic carbocycles. The Labute approximate surface area is 217 Å². The Kier molecular flexibility index (Phi) is 9.82. The van der Waals surface area contributed by atoms with Gasteiger partial charge in [0, 0.05) is 24.7 Å². The number of nitrogens with one attached hydrogen (secondary N) is 1. The van der Waals surface area contributed by atoms with Gasteiger partial charge in [-0.25, -0.2) is 0 Å². The van der Waals surface area contributed by atoms with E-state index in [1.165, 1.54) is 5.56 Å². The first kappa shape index (κ1) is 26.7. The number of carbonyl (C=O) groups is 3. The fraction of sp³-hybridized carbons (Fsp3) is 0.700. The molecule has 3 amide bonds. The summed E-state index contributed by atoms with van der Waals surface area (Å²) < 4.78 is 0. The fourth-order valence-electron chi connectivity index (χ4n) is 6.73. The summed E-state index contributed by atoms with van der Waals surface area (Å²) in [5.41, 5.74) is 1.31. The second kappa shape index (κ2) is 13.3. The molecule has 0 saturated carbocycles. The first-order valence-corrected chi connectivity index (χ1v) is 14.6. The van der Waals surface area contributed by atoms with Crippen LogP contribution in [0.5, 0.6) is 0 Å². The van der Waals surface area contributed by atoms with Crippen molar-refractivity contribution in [2.24, 2.45) is 0 Å². The Bertz CT molecular complexity index is 857. The van der Waals surface area contributed by atoms with E-state index in [9.17, 15) is 14.4 Å². The third-order valence-electron chi connectivity index (χ3n) is 8.54. The van der Waals surface area contributed by atoms with Gasteiger partial charge in [0.25, 0.3) is 0 Å². The fourth-order valence-corrected chi connectivity index (χ4v) is 6.73. The van der Waals surface area contributed by atoms with Gasteiger partial charge in [0.05, 0.1) is 0 Å². The number of likely N-dealkylation sites (tertiary alicyclic amines) is 1. The number of benzene rings is 1. The Hall–Kier alpha value is -2.37. The van der Waals surface area contributed by atoms with Crippen LogP contribution in [0.2, 0.25) is 0 Å². The summed E-state index contributed by atoms with van der Waals surface area (Å²) in [6, 6.07) is 10.2. The van der Waals surface area contributed by atoms with Gasteiger partial charge in [0.1, 0.15) is 6.04 Å². The van der Waals surface area contributed by atoms with Gasteiger partial charge in [-0.15, -0.1) is 0 Å². The van der Waals surface area contributed by atoms with Gasteiger partial charge in [-0.1, -0.05) is 56.5 Å². The van der Waals surface area contributed by atoms with E-state index in [2.05, 4.69) is 36.5 Å². The standard InChI is InChI=1S/C30H45N3O3/c1-2-12-24-20-11-21-27(28(34)31-22-9-8-15-23-13-4-3-5-14-23)33(24)30(36)29(35)32-25-16-6-7-17-26(32)19-10-18-25/h3-5,13-14,24-27H,2,6-12,15-22H2,1H3,(H,31,34). The summed E-state index contributed by atoms with van der Waals surface area (Å²) in [6.07, 6.45) is 14.5. The predicted octanol–water partition coefficient (Wildman–Crippen LogP) is 5.00. The van der Waals surface area contributed by atoms with E-state index in [4.69, 9.17) is 0 Å². The van der Waals surface area contributed by atoms with E-state index in [0.29, 0.717) is 13.0 Å². The van der Waals surface area contributed by atoms with E-state index in [1.54, 1.807) is 4.90 Å². The highest BCUT2D eigenvalue weighted by atomic mass is 16.2. The number of nitrogens with zero attached hydrogens (tertiary/aromatic N) is 2. The van der Waals surface area contributed by atoms with E-state index in [0.717, 1.165) is 89.9 Å². The van der Waals surface area contributed by atoms with Crippen LogP contribution in [-0.2, 0) is 20.8 Å². The lowest BCUT2D eigenvalue weighted by atomic mass is 9.91. The summed E-state index contributed by atoms with van der Waals surface area (Å²) in [5.74, 6) is -0.876. The number of rotatable bonds is 8. The molecule has 4 atom stereocenters. The molecule has 4 rings (SSSR count). The van der Waals surface area contributed by atoms with Crippen LogP contribution >= 0.6 is 0 Å². The Morgan fingerprint density at radius 2 is 1.44 bits per heavy atom. The van der Waals surface area contributed by atoms with E-state index < -0.39 is 11.9 Å². The monoisotopic (exact) mass is 495 g/mol. The molecule has 6 nitrogen and oxygen atoms in total. The highest BCUT2D eigenvalue weighted by Gasteiger charge is 2.45. The Balaban J connectivity index is 1.39. The molecule has 3 saturated heterocycles. The molecule has 36 heavy (non-hydrogen) atoms. The van der Waals surface area contributed by atoms with Crippen molar-refractivity contribution in [3.05, 3.63) is 35.9 Å². The molecule has 3 aliphatic heterocycles. The minimum absolute atomic E-state index is 0.0270. The summed E-state index contributed by atoms with van der Waals surface area (Å²) in [5, 5.41) is 3.10. The van der Waals surface area contributed by atoms with Crippen molar-refractivity contribution >= 4 is 17.7 Å². The van der Waals surface area contributed by atoms with Gasteiger partial charge in [-0.2, -0.15) is 0 Å². The molecular weight excluding hydrogens is 450 g/mol. The molecule has 4 unspecified atom stereocenters. The molecule has 0 aromatic heterocycles. The summed E-state index contributed by atoms with van der Waals surface area (Å²) >= 11 is 0. The van der Waals surface area contributed by atoms with Crippen molar-refractivity contribution in [1.82, 2.24) is 15.1 Å². The zero-order chi connectivity index (χ0) is 25.3. The van der Waals surface area contributed by atoms with Crippen LogP contribution in [0.3, 0.4) is 0 Å². The molecule has 198 valence electrons. The van der Waals surface area contributed by atoms with Gasteiger partial charge in [-0.05, 0) is 82.6 Å². The molecule has 0 spiro atoms. The normalized spacial score (nSPS) is 26.2. The van der Waals surface area contributed by atoms with Crippen molar-refractivity contribution < 1.29 is 14.4 Å².